The lowest BCUT2D eigenvalue weighted by Crippen LogP contribution is -2.39. The number of rotatable bonds is 4. The molecule has 1 aliphatic heterocycles. The van der Waals surface area contributed by atoms with E-state index in [0.29, 0.717) is 16.4 Å². The number of amides is 1. The topological polar surface area (TPSA) is 63.1 Å². The first kappa shape index (κ1) is 18.6. The fourth-order valence-electron chi connectivity index (χ4n) is 3.57. The highest BCUT2D eigenvalue weighted by molar-refractivity contribution is 6.31. The fourth-order valence-corrected chi connectivity index (χ4v) is 3.74. The molecule has 0 saturated heterocycles. The number of halogens is 2. The second-order valence-electron chi connectivity index (χ2n) is 6.79. The van der Waals surface area contributed by atoms with Crippen LogP contribution in [0.4, 0.5) is 10.1 Å². The predicted octanol–water partition coefficient (Wildman–Crippen LogP) is 3.62. The van der Waals surface area contributed by atoms with Crippen molar-refractivity contribution in [2.24, 2.45) is 0 Å². The molecule has 1 atom stereocenters. The zero-order valence-corrected chi connectivity index (χ0v) is 16.0. The molecule has 1 N–H and O–H groups in total. The smallest absolute Gasteiger partial charge is 0.238 e. The molecule has 144 valence electrons. The van der Waals surface area contributed by atoms with Gasteiger partial charge >= 0.3 is 0 Å². The van der Waals surface area contributed by atoms with E-state index in [4.69, 9.17) is 11.6 Å². The van der Waals surface area contributed by atoms with E-state index in [9.17, 15) is 9.18 Å². The number of fused-ring (bicyclic) bond motifs is 1. The second kappa shape index (κ2) is 7.69. The summed E-state index contributed by atoms with van der Waals surface area (Å²) in [6.45, 7) is 2.92. The van der Waals surface area contributed by atoms with Crippen molar-refractivity contribution in [3.05, 3.63) is 71.0 Å². The van der Waals surface area contributed by atoms with Crippen molar-refractivity contribution < 1.29 is 9.18 Å². The van der Waals surface area contributed by atoms with E-state index in [1.807, 2.05) is 17.9 Å². The number of carbonyl (C=O) groups excluding carboxylic acids is 1. The van der Waals surface area contributed by atoms with Gasteiger partial charge in [-0.3, -0.25) is 9.69 Å². The molecule has 4 rings (SSSR count). The van der Waals surface area contributed by atoms with Crippen molar-refractivity contribution in [3.8, 4) is 5.69 Å². The Morgan fingerprint density at radius 1 is 1.32 bits per heavy atom. The molecular formula is C20H19ClFN5O. The minimum atomic E-state index is -0.256. The van der Waals surface area contributed by atoms with Gasteiger partial charge in [0.2, 0.25) is 5.91 Å². The largest absolute Gasteiger partial charge is 0.323 e. The highest BCUT2D eigenvalue weighted by atomic mass is 35.5. The van der Waals surface area contributed by atoms with E-state index in [1.165, 1.54) is 12.4 Å². The predicted molar refractivity (Wildman–Crippen MR) is 105 cm³/mol. The van der Waals surface area contributed by atoms with Gasteiger partial charge in [-0.25, -0.2) is 14.1 Å². The number of hydrogen-bond donors (Lipinski definition) is 1. The van der Waals surface area contributed by atoms with Gasteiger partial charge in [0.25, 0.3) is 0 Å². The molecule has 0 spiro atoms. The standard InChI is InChI=1S/C20H19ClFN5O/c1-13-17-9-16(22)4-2-14(17)6-7-26(13)10-20(28)25-18-8-15(21)3-5-19(18)27-12-23-11-24-27/h2-5,8-9,11-13H,6-7,10H2,1H3,(H,25,28). The summed E-state index contributed by atoms with van der Waals surface area (Å²) in [4.78, 5) is 18.7. The van der Waals surface area contributed by atoms with Crippen molar-refractivity contribution in [1.29, 1.82) is 0 Å². The highest BCUT2D eigenvalue weighted by Gasteiger charge is 2.26. The third-order valence-electron chi connectivity index (χ3n) is 5.02. The molecule has 1 unspecified atom stereocenters. The lowest BCUT2D eigenvalue weighted by molar-refractivity contribution is -0.117. The van der Waals surface area contributed by atoms with E-state index in [-0.39, 0.29) is 24.3 Å². The summed E-state index contributed by atoms with van der Waals surface area (Å²) < 4.78 is 15.2. The average Bonchev–Trinajstić information content (AvgIpc) is 3.19. The zero-order chi connectivity index (χ0) is 19.7. The number of anilines is 1. The van der Waals surface area contributed by atoms with Crippen LogP contribution in [-0.2, 0) is 11.2 Å². The first-order chi connectivity index (χ1) is 13.5. The summed E-state index contributed by atoms with van der Waals surface area (Å²) in [6, 6.07) is 10.0. The van der Waals surface area contributed by atoms with Gasteiger partial charge in [0.05, 0.1) is 17.9 Å². The fraction of sp³-hybridized carbons (Fsp3) is 0.250. The number of nitrogens with one attached hydrogen (secondary N) is 1. The van der Waals surface area contributed by atoms with Crippen LogP contribution < -0.4 is 5.32 Å². The van der Waals surface area contributed by atoms with Crippen molar-refractivity contribution in [2.75, 3.05) is 18.4 Å². The van der Waals surface area contributed by atoms with Crippen molar-refractivity contribution >= 4 is 23.2 Å². The molecule has 0 bridgehead atoms. The molecule has 2 heterocycles. The summed E-state index contributed by atoms with van der Waals surface area (Å²) in [5.41, 5.74) is 3.30. The summed E-state index contributed by atoms with van der Waals surface area (Å²) in [5, 5.41) is 7.53. The number of carbonyl (C=O) groups is 1. The lowest BCUT2D eigenvalue weighted by Gasteiger charge is -2.34. The number of benzene rings is 2. The summed E-state index contributed by atoms with van der Waals surface area (Å²) in [7, 11) is 0. The van der Waals surface area contributed by atoms with E-state index in [1.54, 1.807) is 35.3 Å². The maximum absolute atomic E-state index is 13.6. The third kappa shape index (κ3) is 3.76. The Hall–Kier alpha value is -2.77. The van der Waals surface area contributed by atoms with Crippen LogP contribution in [0.3, 0.4) is 0 Å². The van der Waals surface area contributed by atoms with Crippen LogP contribution in [-0.4, -0.2) is 38.7 Å². The normalized spacial score (nSPS) is 16.6. The summed E-state index contributed by atoms with van der Waals surface area (Å²) in [6.07, 6.45) is 3.76. The van der Waals surface area contributed by atoms with E-state index < -0.39 is 0 Å². The molecule has 2 aromatic carbocycles. The van der Waals surface area contributed by atoms with Gasteiger partial charge < -0.3 is 5.32 Å². The van der Waals surface area contributed by atoms with Gasteiger partial charge in [-0.1, -0.05) is 17.7 Å². The van der Waals surface area contributed by atoms with E-state index in [0.717, 1.165) is 24.1 Å². The third-order valence-corrected chi connectivity index (χ3v) is 5.25. The minimum absolute atomic E-state index is 0.0423. The Balaban J connectivity index is 1.51. The van der Waals surface area contributed by atoms with E-state index >= 15 is 0 Å². The number of nitrogens with zero attached hydrogens (tertiary/aromatic N) is 4. The Labute approximate surface area is 166 Å². The number of aromatic nitrogens is 3. The molecule has 0 radical (unpaired) electrons. The maximum atomic E-state index is 13.6. The van der Waals surface area contributed by atoms with Crippen molar-refractivity contribution in [3.63, 3.8) is 0 Å². The van der Waals surface area contributed by atoms with Gasteiger partial charge in [-0.2, -0.15) is 5.10 Å². The van der Waals surface area contributed by atoms with Crippen LogP contribution in [0.5, 0.6) is 0 Å². The summed E-state index contributed by atoms with van der Waals surface area (Å²) >= 11 is 6.11. The van der Waals surface area contributed by atoms with Gasteiger partial charge in [0.15, 0.2) is 0 Å². The Bertz CT molecular complexity index is 1010. The molecule has 0 saturated carbocycles. The Morgan fingerprint density at radius 2 is 2.18 bits per heavy atom. The molecule has 28 heavy (non-hydrogen) atoms. The molecule has 0 aliphatic carbocycles. The van der Waals surface area contributed by atoms with Gasteiger partial charge in [-0.05, 0) is 54.8 Å². The zero-order valence-electron chi connectivity index (χ0n) is 15.3. The molecule has 0 fully saturated rings. The monoisotopic (exact) mass is 399 g/mol. The quantitative estimate of drug-likeness (QED) is 0.727. The molecular weight excluding hydrogens is 381 g/mol. The van der Waals surface area contributed by atoms with Gasteiger partial charge in [0, 0.05) is 17.6 Å². The highest BCUT2D eigenvalue weighted by Crippen LogP contribution is 2.30. The van der Waals surface area contributed by atoms with E-state index in [2.05, 4.69) is 15.4 Å². The number of hydrogen-bond acceptors (Lipinski definition) is 4. The van der Waals surface area contributed by atoms with Gasteiger partial charge in [0.1, 0.15) is 18.5 Å². The first-order valence-electron chi connectivity index (χ1n) is 8.98. The van der Waals surface area contributed by atoms with Crippen molar-refractivity contribution in [2.45, 2.75) is 19.4 Å². The first-order valence-corrected chi connectivity index (χ1v) is 9.36. The molecule has 1 aromatic heterocycles. The molecule has 1 amide bonds. The average molecular weight is 400 g/mol. The van der Waals surface area contributed by atoms with Crippen LogP contribution in [0, 0.1) is 5.82 Å². The van der Waals surface area contributed by atoms with Crippen LogP contribution in [0.1, 0.15) is 24.1 Å². The molecule has 6 nitrogen and oxygen atoms in total. The molecule has 8 heteroatoms. The van der Waals surface area contributed by atoms with Crippen LogP contribution in [0.15, 0.2) is 49.1 Å². The SMILES string of the molecule is CC1c2cc(F)ccc2CCN1CC(=O)Nc1cc(Cl)ccc1-n1cncn1. The molecule has 3 aromatic rings. The maximum Gasteiger partial charge on any atom is 0.238 e. The summed E-state index contributed by atoms with van der Waals surface area (Å²) in [5.74, 6) is -0.427. The minimum Gasteiger partial charge on any atom is -0.323 e. The molecule has 1 aliphatic rings. The lowest BCUT2D eigenvalue weighted by atomic mass is 9.93. The van der Waals surface area contributed by atoms with Crippen LogP contribution >= 0.6 is 11.6 Å². The Morgan fingerprint density at radius 3 is 2.96 bits per heavy atom. The second-order valence-corrected chi connectivity index (χ2v) is 7.23. The van der Waals surface area contributed by atoms with Gasteiger partial charge in [-0.15, -0.1) is 0 Å². The Kier molecular flexibility index (Phi) is 5.11. The van der Waals surface area contributed by atoms with Crippen LogP contribution in [0.25, 0.3) is 5.69 Å². The van der Waals surface area contributed by atoms with Crippen LogP contribution in [0.2, 0.25) is 5.02 Å². The van der Waals surface area contributed by atoms with Crippen molar-refractivity contribution in [1.82, 2.24) is 19.7 Å².